The van der Waals surface area contributed by atoms with Crippen molar-refractivity contribution in [3.05, 3.63) is 19.1 Å². The Kier molecular flexibility index (Phi) is 8.19. The van der Waals surface area contributed by atoms with Gasteiger partial charge in [0, 0.05) is 18.7 Å². The molecule has 0 aromatic heterocycles. The van der Waals surface area contributed by atoms with Gasteiger partial charge in [0.15, 0.2) is 0 Å². The summed E-state index contributed by atoms with van der Waals surface area (Å²) >= 11 is 0. The van der Waals surface area contributed by atoms with Crippen LogP contribution in [0.15, 0.2) is 12.2 Å². The fourth-order valence-electron chi connectivity index (χ4n) is 2.34. The summed E-state index contributed by atoms with van der Waals surface area (Å²) in [5, 5.41) is 0. The zero-order valence-electron chi connectivity index (χ0n) is 11.9. The topological polar surface area (TPSA) is 37.4 Å². The van der Waals surface area contributed by atoms with Crippen molar-refractivity contribution in [2.75, 3.05) is 6.54 Å². The summed E-state index contributed by atoms with van der Waals surface area (Å²) in [6.07, 6.45) is 14.8. The first-order chi connectivity index (χ1) is 9.25. The fourth-order valence-corrected chi connectivity index (χ4v) is 2.34. The van der Waals surface area contributed by atoms with E-state index >= 15 is 0 Å². The number of unbranched alkanes of at least 4 members (excludes halogenated alkanes) is 9. The van der Waals surface area contributed by atoms with Gasteiger partial charge >= 0.3 is 0 Å². The molecule has 0 bridgehead atoms. The number of nitrogens with zero attached hydrogens (tertiary/aromatic N) is 1. The molecule has 0 atom stereocenters. The van der Waals surface area contributed by atoms with Crippen molar-refractivity contribution in [2.24, 2.45) is 0 Å². The SMILES string of the molecule is [CH2]CCCCCCCCCCCN1C(=O)C=CC1=O. The molecule has 0 aromatic rings. The van der Waals surface area contributed by atoms with Crippen molar-refractivity contribution >= 4 is 11.8 Å². The Hall–Kier alpha value is -1.12. The van der Waals surface area contributed by atoms with Crippen molar-refractivity contribution in [1.82, 2.24) is 4.90 Å². The van der Waals surface area contributed by atoms with Crippen LogP contribution in [0.25, 0.3) is 0 Å². The second-order valence-corrected chi connectivity index (χ2v) is 5.20. The average molecular weight is 264 g/mol. The van der Waals surface area contributed by atoms with Crippen molar-refractivity contribution in [1.29, 1.82) is 0 Å². The molecule has 0 aliphatic carbocycles. The van der Waals surface area contributed by atoms with Gasteiger partial charge in [0.25, 0.3) is 11.8 Å². The van der Waals surface area contributed by atoms with E-state index in [1.165, 1.54) is 62.0 Å². The minimum absolute atomic E-state index is 0.157. The normalized spacial score (nSPS) is 14.7. The Balaban J connectivity index is 1.86. The van der Waals surface area contributed by atoms with Crippen LogP contribution >= 0.6 is 0 Å². The maximum atomic E-state index is 11.3. The Morgan fingerprint density at radius 1 is 0.737 bits per heavy atom. The first-order valence-corrected chi connectivity index (χ1v) is 7.58. The number of imide groups is 1. The van der Waals surface area contributed by atoms with Gasteiger partial charge in [0.05, 0.1) is 0 Å². The molecule has 0 fully saturated rings. The third-order valence-corrected chi connectivity index (χ3v) is 3.53. The van der Waals surface area contributed by atoms with Crippen LogP contribution < -0.4 is 0 Å². The molecule has 0 aromatic carbocycles. The molecule has 3 nitrogen and oxygen atoms in total. The zero-order valence-corrected chi connectivity index (χ0v) is 11.9. The summed E-state index contributed by atoms with van der Waals surface area (Å²) in [6.45, 7) is 4.42. The smallest absolute Gasteiger partial charge is 0.253 e. The second kappa shape index (κ2) is 9.76. The lowest BCUT2D eigenvalue weighted by atomic mass is 10.1. The van der Waals surface area contributed by atoms with Crippen LogP contribution in [0.3, 0.4) is 0 Å². The Morgan fingerprint density at radius 2 is 1.16 bits per heavy atom. The first kappa shape index (κ1) is 15.9. The average Bonchev–Trinajstić information content (AvgIpc) is 2.72. The van der Waals surface area contributed by atoms with Crippen LogP contribution in [0.1, 0.15) is 64.2 Å². The van der Waals surface area contributed by atoms with Crippen molar-refractivity contribution in [3.8, 4) is 0 Å². The van der Waals surface area contributed by atoms with E-state index in [9.17, 15) is 9.59 Å². The Morgan fingerprint density at radius 3 is 1.63 bits per heavy atom. The van der Waals surface area contributed by atoms with E-state index in [1.54, 1.807) is 0 Å². The number of hydrogen-bond acceptors (Lipinski definition) is 2. The van der Waals surface area contributed by atoms with E-state index in [2.05, 4.69) is 6.92 Å². The quantitative estimate of drug-likeness (QED) is 0.422. The molecular formula is C16H26NO2. The summed E-state index contributed by atoms with van der Waals surface area (Å²) < 4.78 is 0. The van der Waals surface area contributed by atoms with Gasteiger partial charge in [-0.1, -0.05) is 64.7 Å². The third-order valence-electron chi connectivity index (χ3n) is 3.53. The van der Waals surface area contributed by atoms with E-state index in [-0.39, 0.29) is 11.8 Å². The molecule has 0 N–H and O–H groups in total. The molecule has 0 unspecified atom stereocenters. The Labute approximate surface area is 117 Å². The molecule has 1 radical (unpaired) electrons. The standard InChI is InChI=1S/C16H26NO2/c1-2-3-4-5-6-7-8-9-10-11-14-17-15(18)12-13-16(17)19/h12-13H,1-11,14H2. The van der Waals surface area contributed by atoms with Crippen LogP contribution in [0.5, 0.6) is 0 Å². The molecular weight excluding hydrogens is 238 g/mol. The number of amides is 2. The molecule has 0 spiro atoms. The molecule has 0 saturated heterocycles. The molecule has 1 aliphatic rings. The number of carbonyl (C=O) groups excluding carboxylic acids is 2. The molecule has 1 rings (SSSR count). The largest absolute Gasteiger partial charge is 0.275 e. The zero-order chi connectivity index (χ0) is 13.9. The van der Waals surface area contributed by atoms with E-state index in [0.717, 1.165) is 19.3 Å². The number of carbonyl (C=O) groups is 2. The van der Waals surface area contributed by atoms with Crippen molar-refractivity contribution < 1.29 is 9.59 Å². The van der Waals surface area contributed by atoms with E-state index in [1.807, 2.05) is 0 Å². The van der Waals surface area contributed by atoms with Gasteiger partial charge in [-0.25, -0.2) is 0 Å². The summed E-state index contributed by atoms with van der Waals surface area (Å²) in [6, 6.07) is 0. The van der Waals surface area contributed by atoms with E-state index in [4.69, 9.17) is 0 Å². The van der Waals surface area contributed by atoms with Gasteiger partial charge in [0.1, 0.15) is 0 Å². The maximum absolute atomic E-state index is 11.3. The lowest BCUT2D eigenvalue weighted by Crippen LogP contribution is -2.30. The second-order valence-electron chi connectivity index (χ2n) is 5.20. The highest BCUT2D eigenvalue weighted by Crippen LogP contribution is 2.11. The lowest BCUT2D eigenvalue weighted by molar-refractivity contribution is -0.136. The predicted octanol–water partition coefficient (Wildman–Crippen LogP) is 3.65. The van der Waals surface area contributed by atoms with Gasteiger partial charge in [-0.2, -0.15) is 0 Å². The van der Waals surface area contributed by atoms with E-state index < -0.39 is 0 Å². The summed E-state index contributed by atoms with van der Waals surface area (Å²) in [7, 11) is 0. The molecule has 1 heterocycles. The maximum Gasteiger partial charge on any atom is 0.253 e. The summed E-state index contributed by atoms with van der Waals surface area (Å²) in [4.78, 5) is 23.9. The predicted molar refractivity (Wildman–Crippen MR) is 77.4 cm³/mol. The highest BCUT2D eigenvalue weighted by molar-refractivity contribution is 6.12. The molecule has 19 heavy (non-hydrogen) atoms. The van der Waals surface area contributed by atoms with Crippen molar-refractivity contribution in [2.45, 2.75) is 64.2 Å². The molecule has 107 valence electrons. The summed E-state index contributed by atoms with van der Waals surface area (Å²) in [5.41, 5.74) is 0. The Bertz CT molecular complexity index is 292. The van der Waals surface area contributed by atoms with Crippen LogP contribution in [0.4, 0.5) is 0 Å². The number of hydrogen-bond donors (Lipinski definition) is 0. The van der Waals surface area contributed by atoms with Gasteiger partial charge in [-0.3, -0.25) is 14.5 Å². The van der Waals surface area contributed by atoms with Gasteiger partial charge in [0.2, 0.25) is 0 Å². The van der Waals surface area contributed by atoms with Gasteiger partial charge in [-0.15, -0.1) is 0 Å². The molecule has 2 amide bonds. The molecule has 3 heteroatoms. The van der Waals surface area contributed by atoms with Crippen LogP contribution in [-0.4, -0.2) is 23.3 Å². The van der Waals surface area contributed by atoms with Gasteiger partial charge in [-0.05, 0) is 6.42 Å². The third kappa shape index (κ3) is 6.55. The summed E-state index contributed by atoms with van der Waals surface area (Å²) in [5.74, 6) is -0.314. The van der Waals surface area contributed by atoms with Crippen LogP contribution in [-0.2, 0) is 9.59 Å². The lowest BCUT2D eigenvalue weighted by Gasteiger charge is -2.12. The van der Waals surface area contributed by atoms with E-state index in [0.29, 0.717) is 6.54 Å². The van der Waals surface area contributed by atoms with Gasteiger partial charge < -0.3 is 0 Å². The first-order valence-electron chi connectivity index (χ1n) is 7.58. The monoisotopic (exact) mass is 264 g/mol. The number of rotatable bonds is 11. The van der Waals surface area contributed by atoms with Crippen LogP contribution in [0.2, 0.25) is 0 Å². The highest BCUT2D eigenvalue weighted by Gasteiger charge is 2.21. The minimum Gasteiger partial charge on any atom is -0.275 e. The van der Waals surface area contributed by atoms with Crippen molar-refractivity contribution in [3.63, 3.8) is 0 Å². The molecule has 0 saturated carbocycles. The highest BCUT2D eigenvalue weighted by atomic mass is 16.2. The fraction of sp³-hybridized carbons (Fsp3) is 0.688. The minimum atomic E-state index is -0.157. The molecule has 1 aliphatic heterocycles. The van der Waals surface area contributed by atoms with Crippen LogP contribution in [0, 0.1) is 6.92 Å².